The standard InChI is InChI=1S/C24H25N2OS.HI/c1-5-27-21-12-10-20(11-13-21)26-17(2)14-19(15-18(26)3)16-24-25(4)22-8-6-7-9-23(22)28-24;/h6-16H,5H2,1-4H3;1H/q+1;/p-1. The third-order valence-electron chi connectivity index (χ3n) is 4.92. The van der Waals surface area contributed by atoms with E-state index in [9.17, 15) is 0 Å². The van der Waals surface area contributed by atoms with Crippen LogP contribution < -0.4 is 38.2 Å². The number of para-hydroxylation sites is 1. The summed E-state index contributed by atoms with van der Waals surface area (Å²) in [5.74, 6) is 0.907. The summed E-state index contributed by atoms with van der Waals surface area (Å²) in [6, 6.07) is 21.3. The molecule has 1 aromatic heterocycles. The third-order valence-corrected chi connectivity index (χ3v) is 6.09. The topological polar surface area (TPSA) is 16.4 Å². The second-order valence-corrected chi connectivity index (χ2v) is 8.01. The van der Waals surface area contributed by atoms with Crippen LogP contribution in [0.15, 0.2) is 70.6 Å². The number of benzene rings is 2. The lowest BCUT2D eigenvalue weighted by molar-refractivity contribution is -0.609. The first kappa shape index (κ1) is 21.7. The van der Waals surface area contributed by atoms with Gasteiger partial charge in [0, 0.05) is 50.1 Å². The Morgan fingerprint density at radius 3 is 2.28 bits per heavy atom. The fourth-order valence-electron chi connectivity index (χ4n) is 3.67. The lowest BCUT2D eigenvalue weighted by atomic mass is 10.1. The number of pyridine rings is 1. The van der Waals surface area contributed by atoms with Gasteiger partial charge in [-0.25, -0.2) is 0 Å². The molecule has 1 aliphatic rings. The van der Waals surface area contributed by atoms with E-state index in [1.807, 2.05) is 30.8 Å². The van der Waals surface area contributed by atoms with Gasteiger partial charge in [-0.3, -0.25) is 0 Å². The summed E-state index contributed by atoms with van der Waals surface area (Å²) in [6.07, 6.45) is 2.27. The van der Waals surface area contributed by atoms with Gasteiger partial charge in [-0.2, -0.15) is 4.57 Å². The van der Waals surface area contributed by atoms with Crippen LogP contribution in [-0.4, -0.2) is 13.7 Å². The van der Waals surface area contributed by atoms with Gasteiger partial charge in [0.1, 0.15) is 5.75 Å². The Hall–Kier alpha value is -1.99. The molecular formula is C24H25IN2OS. The number of thioether (sulfide) groups is 1. The minimum absolute atomic E-state index is 0. The quantitative estimate of drug-likeness (QED) is 0.392. The molecule has 3 nitrogen and oxygen atoms in total. The molecule has 4 rings (SSSR count). The first-order valence-corrected chi connectivity index (χ1v) is 10.4. The van der Waals surface area contributed by atoms with E-state index in [4.69, 9.17) is 4.74 Å². The maximum atomic E-state index is 5.56. The average molecular weight is 516 g/mol. The van der Waals surface area contributed by atoms with Gasteiger partial charge in [0.05, 0.1) is 17.3 Å². The summed E-state index contributed by atoms with van der Waals surface area (Å²) < 4.78 is 7.84. The van der Waals surface area contributed by atoms with E-state index in [0.29, 0.717) is 6.61 Å². The van der Waals surface area contributed by atoms with Crippen molar-refractivity contribution in [1.29, 1.82) is 0 Å². The molecule has 5 heteroatoms. The zero-order chi connectivity index (χ0) is 19.7. The van der Waals surface area contributed by atoms with Crippen molar-refractivity contribution in [3.05, 3.63) is 82.6 Å². The van der Waals surface area contributed by atoms with Crippen LogP contribution in [0.3, 0.4) is 0 Å². The van der Waals surface area contributed by atoms with Crippen molar-refractivity contribution in [2.24, 2.45) is 0 Å². The normalized spacial score (nSPS) is 13.9. The Bertz CT molecular complexity index is 1020. The van der Waals surface area contributed by atoms with Gasteiger partial charge in [-0.15, -0.1) is 0 Å². The predicted octanol–water partition coefficient (Wildman–Crippen LogP) is 2.52. The average Bonchev–Trinajstić information content (AvgIpc) is 2.99. The Kier molecular flexibility index (Phi) is 6.90. The highest BCUT2D eigenvalue weighted by Gasteiger charge is 2.22. The Morgan fingerprint density at radius 2 is 1.66 bits per heavy atom. The zero-order valence-corrected chi connectivity index (χ0v) is 20.1. The number of aryl methyl sites for hydroxylation is 2. The number of nitrogens with zero attached hydrogens (tertiary/aromatic N) is 2. The molecule has 150 valence electrons. The molecule has 1 aliphatic heterocycles. The number of ether oxygens (including phenoxy) is 1. The largest absolute Gasteiger partial charge is 1.00 e. The molecule has 0 radical (unpaired) electrons. The molecule has 0 amide bonds. The smallest absolute Gasteiger partial charge is 0.211 e. The van der Waals surface area contributed by atoms with Crippen molar-refractivity contribution in [3.63, 3.8) is 0 Å². The highest BCUT2D eigenvalue weighted by molar-refractivity contribution is 8.03. The second-order valence-electron chi connectivity index (χ2n) is 6.95. The molecule has 29 heavy (non-hydrogen) atoms. The van der Waals surface area contributed by atoms with Gasteiger partial charge in [0.15, 0.2) is 11.4 Å². The molecule has 0 bridgehead atoms. The zero-order valence-electron chi connectivity index (χ0n) is 17.1. The van der Waals surface area contributed by atoms with Gasteiger partial charge < -0.3 is 33.6 Å². The lowest BCUT2D eigenvalue weighted by Gasteiger charge is -2.13. The molecule has 0 atom stereocenters. The van der Waals surface area contributed by atoms with Crippen molar-refractivity contribution in [3.8, 4) is 11.4 Å². The van der Waals surface area contributed by atoms with E-state index in [-0.39, 0.29) is 24.0 Å². The molecule has 0 saturated carbocycles. The number of hydrogen-bond acceptors (Lipinski definition) is 3. The number of anilines is 1. The number of rotatable bonds is 4. The summed E-state index contributed by atoms with van der Waals surface area (Å²) in [6.45, 7) is 7.00. The third kappa shape index (κ3) is 4.46. The Morgan fingerprint density at radius 1 is 1.00 bits per heavy atom. The maximum Gasteiger partial charge on any atom is 0.211 e. The van der Waals surface area contributed by atoms with Crippen molar-refractivity contribution < 1.29 is 33.3 Å². The lowest BCUT2D eigenvalue weighted by Crippen LogP contribution is -3.00. The second kappa shape index (κ2) is 9.22. The minimum Gasteiger partial charge on any atom is -1.00 e. The number of fused-ring (bicyclic) bond motifs is 1. The van der Waals surface area contributed by atoms with Crippen LogP contribution in [0.25, 0.3) is 11.8 Å². The predicted molar refractivity (Wildman–Crippen MR) is 117 cm³/mol. The number of halogens is 1. The summed E-state index contributed by atoms with van der Waals surface area (Å²) in [5, 5.41) is 1.25. The highest BCUT2D eigenvalue weighted by atomic mass is 127. The van der Waals surface area contributed by atoms with Crippen LogP contribution >= 0.6 is 11.8 Å². The van der Waals surface area contributed by atoms with Crippen LogP contribution in [0.1, 0.15) is 23.9 Å². The van der Waals surface area contributed by atoms with Crippen LogP contribution in [0.4, 0.5) is 5.69 Å². The Balaban J connectivity index is 0.00000240. The highest BCUT2D eigenvalue weighted by Crippen LogP contribution is 2.45. The summed E-state index contributed by atoms with van der Waals surface area (Å²) in [7, 11) is 2.13. The molecule has 0 N–H and O–H groups in total. The van der Waals surface area contributed by atoms with Crippen molar-refractivity contribution >= 4 is 23.5 Å². The van der Waals surface area contributed by atoms with E-state index in [0.717, 1.165) is 11.4 Å². The van der Waals surface area contributed by atoms with Gasteiger partial charge >= 0.3 is 0 Å². The maximum absolute atomic E-state index is 5.56. The molecule has 3 aromatic rings. The van der Waals surface area contributed by atoms with E-state index in [1.165, 1.54) is 32.6 Å². The molecule has 2 heterocycles. The first-order valence-electron chi connectivity index (χ1n) is 9.55. The molecule has 2 aromatic carbocycles. The monoisotopic (exact) mass is 516 g/mol. The van der Waals surface area contributed by atoms with Gasteiger partial charge in [0.2, 0.25) is 5.69 Å². The van der Waals surface area contributed by atoms with Crippen molar-refractivity contribution in [2.75, 3.05) is 18.6 Å². The first-order chi connectivity index (χ1) is 13.6. The van der Waals surface area contributed by atoms with E-state index >= 15 is 0 Å². The molecule has 0 spiro atoms. The molecule has 0 aliphatic carbocycles. The van der Waals surface area contributed by atoms with Gasteiger partial charge in [0.25, 0.3) is 0 Å². The molecular weight excluding hydrogens is 491 g/mol. The van der Waals surface area contributed by atoms with Crippen LogP contribution in [0.5, 0.6) is 5.75 Å². The van der Waals surface area contributed by atoms with E-state index in [1.54, 1.807) is 0 Å². The fraction of sp³-hybridized carbons (Fsp3) is 0.208. The van der Waals surface area contributed by atoms with Crippen LogP contribution in [-0.2, 0) is 0 Å². The fourth-order valence-corrected chi connectivity index (χ4v) is 4.78. The summed E-state index contributed by atoms with van der Waals surface area (Å²) in [4.78, 5) is 3.57. The van der Waals surface area contributed by atoms with Gasteiger partial charge in [-0.1, -0.05) is 23.9 Å². The summed E-state index contributed by atoms with van der Waals surface area (Å²) >= 11 is 1.82. The minimum atomic E-state index is 0. The molecule has 0 fully saturated rings. The Labute approximate surface area is 194 Å². The summed E-state index contributed by atoms with van der Waals surface area (Å²) in [5.41, 5.74) is 6.06. The molecule has 0 unspecified atom stereocenters. The van der Waals surface area contributed by atoms with E-state index in [2.05, 4.69) is 85.0 Å². The molecule has 0 saturated heterocycles. The van der Waals surface area contributed by atoms with Gasteiger partial charge in [-0.05, 0) is 42.8 Å². The van der Waals surface area contributed by atoms with Crippen LogP contribution in [0.2, 0.25) is 0 Å². The van der Waals surface area contributed by atoms with Crippen LogP contribution in [0, 0.1) is 13.8 Å². The SMILES string of the molecule is CCOc1ccc(-[n+]2c(C)cc(/C=C3\Sc4ccccc4N3C)cc2C)cc1.[I-]. The van der Waals surface area contributed by atoms with E-state index < -0.39 is 0 Å². The van der Waals surface area contributed by atoms with Crippen molar-refractivity contribution in [1.82, 2.24) is 0 Å². The number of hydrogen-bond donors (Lipinski definition) is 0. The van der Waals surface area contributed by atoms with Crippen molar-refractivity contribution in [2.45, 2.75) is 25.7 Å². The number of aromatic nitrogens is 1.